The molecule has 132 valence electrons. The maximum atomic E-state index is 13.1. The highest BCUT2D eigenvalue weighted by atomic mass is 32.3. The summed E-state index contributed by atoms with van der Waals surface area (Å²) in [6.45, 7) is 4.78. The molecule has 2 aliphatic heterocycles. The number of nitrogens with zero attached hydrogens (tertiary/aromatic N) is 2. The van der Waals surface area contributed by atoms with E-state index in [4.69, 9.17) is 4.74 Å². The van der Waals surface area contributed by atoms with Crippen LogP contribution in [0, 0.1) is 0 Å². The smallest absolute Gasteiger partial charge is 0.410 e. The van der Waals surface area contributed by atoms with Crippen molar-refractivity contribution in [1.29, 1.82) is 0 Å². The van der Waals surface area contributed by atoms with Crippen molar-refractivity contribution in [2.75, 3.05) is 19.6 Å². The first-order valence-corrected chi connectivity index (χ1v) is 8.72. The zero-order valence-corrected chi connectivity index (χ0v) is 14.0. The molecule has 0 aromatic heterocycles. The number of ether oxygens (including phenoxy) is 1. The Bertz CT molecular complexity index is 602. The maximum absolute atomic E-state index is 13.1. The second kappa shape index (κ2) is 5.90. The predicted molar refractivity (Wildman–Crippen MR) is 77.7 cm³/mol. The number of hydrogen-bond acceptors (Lipinski definition) is 6. The first-order chi connectivity index (χ1) is 10.4. The van der Waals surface area contributed by atoms with Crippen LogP contribution in [0.2, 0.25) is 0 Å². The Labute approximate surface area is 134 Å². The minimum absolute atomic E-state index is 0.0148. The van der Waals surface area contributed by atoms with E-state index in [1.165, 1.54) is 4.90 Å². The molecule has 2 aliphatic rings. The number of aliphatic hydroxyl groups excluding tert-OH is 1. The van der Waals surface area contributed by atoms with Crippen molar-refractivity contribution in [1.82, 2.24) is 9.80 Å². The Morgan fingerprint density at radius 3 is 2.39 bits per heavy atom. The molecule has 10 heteroatoms. The highest BCUT2D eigenvalue weighted by Crippen LogP contribution is 2.27. The van der Waals surface area contributed by atoms with Crippen molar-refractivity contribution in [3.05, 3.63) is 0 Å². The van der Waals surface area contributed by atoms with Gasteiger partial charge in [-0.1, -0.05) is 0 Å². The van der Waals surface area contributed by atoms with Crippen LogP contribution < -0.4 is 0 Å². The summed E-state index contributed by atoms with van der Waals surface area (Å²) >= 11 is 0. The van der Waals surface area contributed by atoms with Crippen molar-refractivity contribution in [3.63, 3.8) is 0 Å². The van der Waals surface area contributed by atoms with Gasteiger partial charge < -0.3 is 19.6 Å². The molecular weight excluding hydrogens is 331 g/mol. The summed E-state index contributed by atoms with van der Waals surface area (Å²) in [5, 5.41) is 8.67. The summed E-state index contributed by atoms with van der Waals surface area (Å²) in [5.74, 6) is -0.550. The lowest BCUT2D eigenvalue weighted by molar-refractivity contribution is -0.131. The van der Waals surface area contributed by atoms with E-state index >= 15 is 0 Å². The minimum Gasteiger partial charge on any atom is -0.444 e. The summed E-state index contributed by atoms with van der Waals surface area (Å²) < 4.78 is 40.2. The van der Waals surface area contributed by atoms with Crippen LogP contribution in [0.5, 0.6) is 0 Å². The molecule has 3 unspecified atom stereocenters. The maximum Gasteiger partial charge on any atom is 0.410 e. The van der Waals surface area contributed by atoms with Crippen LogP contribution >= 0.6 is 0 Å². The normalized spacial score (nSPS) is 29.3. The number of carbonyl (C=O) groups is 2. The average Bonchev–Trinajstić information content (AvgIpc) is 2.89. The van der Waals surface area contributed by atoms with Crippen molar-refractivity contribution >= 4 is 22.2 Å². The molecule has 2 fully saturated rings. The van der Waals surface area contributed by atoms with Gasteiger partial charge in [0.05, 0.1) is 18.7 Å². The predicted octanol–water partition coefficient (Wildman–Crippen LogP) is -0.133. The Morgan fingerprint density at radius 2 is 1.91 bits per heavy atom. The van der Waals surface area contributed by atoms with E-state index in [0.717, 1.165) is 4.90 Å². The van der Waals surface area contributed by atoms with Crippen LogP contribution in [0.3, 0.4) is 0 Å². The van der Waals surface area contributed by atoms with E-state index in [9.17, 15) is 27.0 Å². The lowest BCUT2D eigenvalue weighted by Crippen LogP contribution is -2.45. The Morgan fingerprint density at radius 1 is 1.30 bits per heavy atom. The fraction of sp³-hybridized carbons (Fsp3) is 0.846. The summed E-state index contributed by atoms with van der Waals surface area (Å²) in [6, 6.07) is -0.762. The number of carbonyl (C=O) groups excluding carboxylic acids is 2. The Hall–Kier alpha value is -1.42. The monoisotopic (exact) mass is 352 g/mol. The van der Waals surface area contributed by atoms with E-state index in [1.807, 2.05) is 0 Å². The van der Waals surface area contributed by atoms with E-state index in [1.54, 1.807) is 20.8 Å². The Balaban J connectivity index is 2.05. The van der Waals surface area contributed by atoms with Gasteiger partial charge in [0.25, 0.3) is 0 Å². The fourth-order valence-electron chi connectivity index (χ4n) is 2.76. The van der Waals surface area contributed by atoms with E-state index in [-0.39, 0.29) is 19.6 Å². The van der Waals surface area contributed by atoms with Crippen molar-refractivity contribution < 1.29 is 31.7 Å². The molecule has 0 aromatic rings. The van der Waals surface area contributed by atoms with E-state index < -0.39 is 51.6 Å². The number of hydrogen-bond donors (Lipinski definition) is 1. The van der Waals surface area contributed by atoms with E-state index in [2.05, 4.69) is 0 Å². The molecule has 0 radical (unpaired) electrons. The van der Waals surface area contributed by atoms with Crippen molar-refractivity contribution in [3.8, 4) is 0 Å². The molecule has 2 saturated heterocycles. The SMILES string of the molecule is CC(C)(C)OC(=O)N1CC(O)C(N2CC(S(=O)(=O)F)CC2=O)C1. The third kappa shape index (κ3) is 4.11. The first kappa shape index (κ1) is 17.9. The molecule has 1 N–H and O–H groups in total. The van der Waals surface area contributed by atoms with Gasteiger partial charge in [-0.05, 0) is 20.8 Å². The molecule has 0 aliphatic carbocycles. The van der Waals surface area contributed by atoms with Crippen molar-refractivity contribution in [2.24, 2.45) is 0 Å². The molecule has 2 rings (SSSR count). The van der Waals surface area contributed by atoms with Gasteiger partial charge >= 0.3 is 16.3 Å². The minimum atomic E-state index is -4.82. The van der Waals surface area contributed by atoms with Gasteiger partial charge in [0, 0.05) is 19.5 Å². The molecular formula is C13H21FN2O6S. The highest BCUT2D eigenvalue weighted by molar-refractivity contribution is 7.87. The molecule has 23 heavy (non-hydrogen) atoms. The third-order valence-electron chi connectivity index (χ3n) is 3.83. The summed E-state index contributed by atoms with van der Waals surface area (Å²) in [4.78, 5) is 26.3. The highest BCUT2D eigenvalue weighted by Gasteiger charge is 2.47. The van der Waals surface area contributed by atoms with Crippen molar-refractivity contribution in [2.45, 2.75) is 50.2 Å². The lowest BCUT2D eigenvalue weighted by atomic mass is 10.2. The standard InChI is InChI=1S/C13H21FN2O6S/c1-13(2,3)22-12(19)15-6-9(10(17)7-15)16-5-8(4-11(16)18)23(14,20)21/h8-10,17H,4-7H2,1-3H3. The average molecular weight is 352 g/mol. The quantitative estimate of drug-likeness (QED) is 0.694. The number of amides is 2. The van der Waals surface area contributed by atoms with Crippen LogP contribution in [0.1, 0.15) is 27.2 Å². The number of halogens is 1. The molecule has 8 nitrogen and oxygen atoms in total. The first-order valence-electron chi connectivity index (χ1n) is 7.27. The van der Waals surface area contributed by atoms with Gasteiger partial charge in [-0.15, -0.1) is 3.89 Å². The summed E-state index contributed by atoms with van der Waals surface area (Å²) in [5.41, 5.74) is -0.697. The number of aliphatic hydroxyl groups is 1. The molecule has 2 amide bonds. The number of β-amino-alcohol motifs (C(OH)–C–C–N with tert-alkyl or cyclic N) is 1. The Kier molecular flexibility index (Phi) is 4.60. The molecule has 3 atom stereocenters. The van der Waals surface area contributed by atoms with Gasteiger partial charge in [-0.25, -0.2) is 4.79 Å². The van der Waals surface area contributed by atoms with Gasteiger partial charge in [0.15, 0.2) is 0 Å². The zero-order valence-electron chi connectivity index (χ0n) is 13.2. The number of likely N-dealkylation sites (tertiary alicyclic amines) is 2. The third-order valence-corrected chi connectivity index (χ3v) is 4.94. The molecule has 0 spiro atoms. The lowest BCUT2D eigenvalue weighted by Gasteiger charge is -2.27. The van der Waals surface area contributed by atoms with Crippen LogP contribution in [0.25, 0.3) is 0 Å². The van der Waals surface area contributed by atoms with Crippen LogP contribution in [-0.2, 0) is 19.8 Å². The number of rotatable bonds is 2. The van der Waals surface area contributed by atoms with Gasteiger partial charge in [0.1, 0.15) is 10.9 Å². The van der Waals surface area contributed by atoms with Crippen LogP contribution in [0.15, 0.2) is 0 Å². The molecule has 0 aromatic carbocycles. The van der Waals surface area contributed by atoms with Gasteiger partial charge in [-0.2, -0.15) is 8.42 Å². The van der Waals surface area contributed by atoms with Crippen LogP contribution in [0.4, 0.5) is 8.68 Å². The largest absolute Gasteiger partial charge is 0.444 e. The summed E-state index contributed by atoms with van der Waals surface area (Å²) in [6.07, 6.45) is -2.11. The second-order valence-corrected chi connectivity index (χ2v) is 8.49. The molecule has 0 bridgehead atoms. The topological polar surface area (TPSA) is 104 Å². The van der Waals surface area contributed by atoms with Gasteiger partial charge in [0.2, 0.25) is 5.91 Å². The molecule has 0 saturated carbocycles. The van der Waals surface area contributed by atoms with E-state index in [0.29, 0.717) is 0 Å². The summed E-state index contributed by atoms with van der Waals surface area (Å²) in [7, 11) is -4.82. The van der Waals surface area contributed by atoms with Gasteiger partial charge in [-0.3, -0.25) is 4.79 Å². The molecule has 2 heterocycles. The fourth-order valence-corrected chi connectivity index (χ4v) is 3.44. The zero-order chi connectivity index (χ0) is 17.6. The second-order valence-electron chi connectivity index (χ2n) is 6.87. The van der Waals surface area contributed by atoms with Crippen LogP contribution in [-0.4, -0.2) is 78.0 Å².